The van der Waals surface area contributed by atoms with Gasteiger partial charge in [0.15, 0.2) is 0 Å². The van der Waals surface area contributed by atoms with Crippen LogP contribution in [-0.4, -0.2) is 0 Å². The molecule has 0 aromatic heterocycles. The summed E-state index contributed by atoms with van der Waals surface area (Å²) in [6.07, 6.45) is 22.4. The van der Waals surface area contributed by atoms with E-state index in [1.807, 2.05) is 24.0 Å². The number of hydrogen-bond donors (Lipinski definition) is 1. The van der Waals surface area contributed by atoms with Crippen molar-refractivity contribution in [1.82, 2.24) is 5.32 Å². The molecule has 1 nitrogen and oxygen atoms in total. The third kappa shape index (κ3) is 11.0. The Labute approximate surface area is 228 Å². The van der Waals surface area contributed by atoms with Crippen LogP contribution in [0.4, 0.5) is 0 Å². The van der Waals surface area contributed by atoms with Gasteiger partial charge in [-0.2, -0.15) is 0 Å². The summed E-state index contributed by atoms with van der Waals surface area (Å²) in [5.74, 6) is 1.40. The Bertz CT molecular complexity index is 892. The second-order valence-electron chi connectivity index (χ2n) is 10.3. The van der Waals surface area contributed by atoms with Crippen molar-refractivity contribution in [3.8, 4) is 0 Å². The molecule has 1 aliphatic heterocycles. The van der Waals surface area contributed by atoms with Crippen LogP contribution in [0.15, 0.2) is 94.1 Å². The Balaban J connectivity index is 2.87. The first-order valence-corrected chi connectivity index (χ1v) is 14.8. The van der Waals surface area contributed by atoms with Crippen LogP contribution in [0.1, 0.15) is 99.8 Å². The molecule has 0 radical (unpaired) electrons. The summed E-state index contributed by atoms with van der Waals surface area (Å²) in [5.41, 5.74) is 6.42. The van der Waals surface area contributed by atoms with E-state index in [1.54, 1.807) is 4.91 Å². The van der Waals surface area contributed by atoms with E-state index in [2.05, 4.69) is 97.8 Å². The van der Waals surface area contributed by atoms with Gasteiger partial charge in [-0.3, -0.25) is 0 Å². The Morgan fingerprint density at radius 2 is 1.86 bits per heavy atom. The maximum absolute atomic E-state index is 4.57. The van der Waals surface area contributed by atoms with Gasteiger partial charge in [0.05, 0.1) is 0 Å². The Hall–Kier alpha value is -1.93. The second-order valence-corrected chi connectivity index (χ2v) is 11.5. The van der Waals surface area contributed by atoms with Gasteiger partial charge in [0, 0.05) is 5.70 Å². The molecule has 0 aromatic carbocycles. The summed E-state index contributed by atoms with van der Waals surface area (Å²) >= 11 is 2.01. The lowest BCUT2D eigenvalue weighted by atomic mass is 9.83. The number of allylic oxidation sites excluding steroid dienone is 12. The van der Waals surface area contributed by atoms with Gasteiger partial charge in [0.1, 0.15) is 0 Å². The van der Waals surface area contributed by atoms with E-state index >= 15 is 0 Å². The van der Waals surface area contributed by atoms with Crippen molar-refractivity contribution in [3.63, 3.8) is 0 Å². The highest BCUT2D eigenvalue weighted by molar-refractivity contribution is 8.06. The van der Waals surface area contributed by atoms with Gasteiger partial charge in [-0.05, 0) is 109 Å². The minimum Gasteiger partial charge on any atom is -0.366 e. The molecule has 36 heavy (non-hydrogen) atoms. The fourth-order valence-corrected chi connectivity index (χ4v) is 5.61. The zero-order valence-electron chi connectivity index (χ0n) is 24.4. The molecule has 1 heterocycles. The lowest BCUT2D eigenvalue weighted by Crippen LogP contribution is -2.14. The van der Waals surface area contributed by atoms with Crippen LogP contribution >= 0.6 is 11.8 Å². The summed E-state index contributed by atoms with van der Waals surface area (Å²) in [4.78, 5) is 3.07. The van der Waals surface area contributed by atoms with Gasteiger partial charge < -0.3 is 5.32 Å². The van der Waals surface area contributed by atoms with Gasteiger partial charge in [-0.1, -0.05) is 102 Å². The van der Waals surface area contributed by atoms with Gasteiger partial charge in [0.25, 0.3) is 0 Å². The number of nitrogens with one attached hydrogen (secondary N) is 1. The van der Waals surface area contributed by atoms with Gasteiger partial charge in [-0.25, -0.2) is 0 Å². The summed E-state index contributed by atoms with van der Waals surface area (Å²) in [5, 5.41) is 3.24. The number of unbranched alkanes of at least 4 members (excludes halogenated alkanes) is 1. The van der Waals surface area contributed by atoms with E-state index in [0.29, 0.717) is 17.8 Å². The van der Waals surface area contributed by atoms with Crippen molar-refractivity contribution in [2.45, 2.75) is 99.8 Å². The van der Waals surface area contributed by atoms with E-state index in [0.717, 1.165) is 37.8 Å². The molecule has 0 fully saturated rings. The number of rotatable bonds is 17. The highest BCUT2D eigenvalue weighted by Crippen LogP contribution is 2.42. The third-order valence-corrected chi connectivity index (χ3v) is 8.93. The molecular weight excluding hydrogens is 454 g/mol. The molecule has 0 aromatic rings. The van der Waals surface area contributed by atoms with Crippen LogP contribution in [-0.2, 0) is 0 Å². The average molecular weight is 508 g/mol. The highest BCUT2D eigenvalue weighted by atomic mass is 32.2. The van der Waals surface area contributed by atoms with Crippen LogP contribution in [0.25, 0.3) is 0 Å². The standard InChI is InChI=1S/C34H53NS/c1-11-14-20-33-21-17-22-34(36-33)31(10)30(9)29(8)28(7)26(5)24-32(18-12-2)25(4)19-15-16-23-35-27(6)13-3/h12,16,21-25,30-31,35H,2,6,8,11,13-15,17-20H2,1,3-5,7,9-10H3/b23-16+,28-26+,32-24+. The summed E-state index contributed by atoms with van der Waals surface area (Å²) in [6.45, 7) is 28.5. The molecule has 0 amide bonds. The SMILES string of the molecule is C=CC/C(=C\C(C)=C(/C)C(=C)C(C)C(C)C1=CCC=C(CCCC)S1)C(C)CC/C=C/NC(=C)CC. The van der Waals surface area contributed by atoms with Crippen LogP contribution in [0, 0.1) is 17.8 Å². The summed E-state index contributed by atoms with van der Waals surface area (Å²) in [6, 6.07) is 0. The zero-order valence-corrected chi connectivity index (χ0v) is 25.2. The van der Waals surface area contributed by atoms with E-state index in [4.69, 9.17) is 0 Å². The molecule has 3 unspecified atom stereocenters. The molecule has 1 N–H and O–H groups in total. The van der Waals surface area contributed by atoms with Crippen molar-refractivity contribution in [2.75, 3.05) is 0 Å². The van der Waals surface area contributed by atoms with Gasteiger partial charge >= 0.3 is 0 Å². The maximum atomic E-state index is 4.57. The number of thioether (sulfide) groups is 1. The second kappa shape index (κ2) is 17.5. The van der Waals surface area contributed by atoms with Crippen molar-refractivity contribution in [3.05, 3.63) is 94.1 Å². The van der Waals surface area contributed by atoms with E-state index in [9.17, 15) is 0 Å². The van der Waals surface area contributed by atoms with Crippen molar-refractivity contribution in [2.24, 2.45) is 17.8 Å². The van der Waals surface area contributed by atoms with E-state index in [1.165, 1.54) is 46.5 Å². The molecule has 3 atom stereocenters. The normalized spacial score (nSPS) is 17.6. The fourth-order valence-electron chi connectivity index (χ4n) is 4.32. The lowest BCUT2D eigenvalue weighted by molar-refractivity contribution is 0.527. The molecule has 0 saturated carbocycles. The largest absolute Gasteiger partial charge is 0.366 e. The van der Waals surface area contributed by atoms with Crippen LogP contribution in [0.2, 0.25) is 0 Å². The minimum absolute atomic E-state index is 0.411. The lowest BCUT2D eigenvalue weighted by Gasteiger charge is -2.28. The predicted octanol–water partition coefficient (Wildman–Crippen LogP) is 11.2. The average Bonchev–Trinajstić information content (AvgIpc) is 2.89. The van der Waals surface area contributed by atoms with Crippen LogP contribution in [0.5, 0.6) is 0 Å². The van der Waals surface area contributed by atoms with Gasteiger partial charge in [-0.15, -0.1) is 6.58 Å². The van der Waals surface area contributed by atoms with Crippen LogP contribution in [0.3, 0.4) is 0 Å². The summed E-state index contributed by atoms with van der Waals surface area (Å²) in [7, 11) is 0. The van der Waals surface area contributed by atoms with Crippen molar-refractivity contribution in [1.29, 1.82) is 0 Å². The molecule has 0 saturated heterocycles. The van der Waals surface area contributed by atoms with Crippen molar-refractivity contribution < 1.29 is 0 Å². The molecular formula is C34H53NS. The monoisotopic (exact) mass is 507 g/mol. The Kier molecular flexibility index (Phi) is 15.6. The number of hydrogen-bond acceptors (Lipinski definition) is 2. The third-order valence-electron chi connectivity index (χ3n) is 7.53. The molecule has 2 heteroatoms. The first-order valence-electron chi connectivity index (χ1n) is 14.0. The summed E-state index contributed by atoms with van der Waals surface area (Å²) < 4.78 is 0. The van der Waals surface area contributed by atoms with Crippen LogP contribution < -0.4 is 5.32 Å². The highest BCUT2D eigenvalue weighted by Gasteiger charge is 2.23. The quantitative estimate of drug-likeness (QED) is 0.155. The molecule has 0 aliphatic carbocycles. The topological polar surface area (TPSA) is 12.0 Å². The van der Waals surface area contributed by atoms with Crippen molar-refractivity contribution >= 4 is 11.8 Å². The smallest absolute Gasteiger partial charge is 0.00705 e. The van der Waals surface area contributed by atoms with Gasteiger partial charge in [0.2, 0.25) is 0 Å². The first kappa shape index (κ1) is 32.1. The zero-order chi connectivity index (χ0) is 27.1. The fraction of sp³-hybridized carbons (Fsp3) is 0.529. The predicted molar refractivity (Wildman–Crippen MR) is 167 cm³/mol. The molecule has 0 bridgehead atoms. The molecule has 1 aliphatic rings. The Morgan fingerprint density at radius 1 is 1.14 bits per heavy atom. The molecule has 1 rings (SSSR count). The van der Waals surface area contributed by atoms with E-state index < -0.39 is 0 Å². The first-order chi connectivity index (χ1) is 17.2. The minimum atomic E-state index is 0.411. The molecule has 200 valence electrons. The molecule has 0 spiro atoms. The maximum Gasteiger partial charge on any atom is 0.00705 e. The Morgan fingerprint density at radius 3 is 2.50 bits per heavy atom. The van der Waals surface area contributed by atoms with E-state index in [-0.39, 0.29) is 0 Å².